The zero-order valence-corrected chi connectivity index (χ0v) is 11.9. The Labute approximate surface area is 126 Å². The highest BCUT2D eigenvalue weighted by atomic mass is 19.4. The molecule has 0 spiro atoms. The first-order chi connectivity index (χ1) is 10.4. The maximum atomic E-state index is 12.5. The number of benzene rings is 1. The third-order valence-corrected chi connectivity index (χ3v) is 3.22. The molecule has 7 heteroatoms. The largest absolute Gasteiger partial charge is 0.482 e. The molecule has 0 aromatic heterocycles. The molecule has 2 rings (SSSR count). The Bertz CT molecular complexity index is 496. The van der Waals surface area contributed by atoms with Crippen molar-refractivity contribution in [3.63, 3.8) is 0 Å². The van der Waals surface area contributed by atoms with Gasteiger partial charge < -0.3 is 14.2 Å². The van der Waals surface area contributed by atoms with Gasteiger partial charge in [0, 0.05) is 6.61 Å². The van der Waals surface area contributed by atoms with Crippen LogP contribution in [0.3, 0.4) is 0 Å². The third-order valence-electron chi connectivity index (χ3n) is 3.22. The first-order valence-corrected chi connectivity index (χ1v) is 7.02. The van der Waals surface area contributed by atoms with Gasteiger partial charge >= 0.3 is 12.1 Å². The molecule has 1 heterocycles. The Morgan fingerprint density at radius 1 is 1.32 bits per heavy atom. The normalized spacial score (nSPS) is 18.8. The van der Waals surface area contributed by atoms with E-state index >= 15 is 0 Å². The second-order valence-electron chi connectivity index (χ2n) is 4.99. The SMILES string of the molecule is O=C(COc1cccc(C(F)(F)F)c1)OCC1CCCCO1. The molecule has 1 aliphatic rings. The number of hydrogen-bond donors (Lipinski definition) is 0. The average molecular weight is 318 g/mol. The molecule has 0 radical (unpaired) electrons. The first-order valence-electron chi connectivity index (χ1n) is 7.02. The van der Waals surface area contributed by atoms with E-state index in [0.29, 0.717) is 6.61 Å². The molecule has 0 bridgehead atoms. The smallest absolute Gasteiger partial charge is 0.416 e. The molecule has 0 saturated carbocycles. The van der Waals surface area contributed by atoms with Crippen molar-refractivity contribution in [2.75, 3.05) is 19.8 Å². The van der Waals surface area contributed by atoms with E-state index in [2.05, 4.69) is 0 Å². The van der Waals surface area contributed by atoms with Crippen LogP contribution < -0.4 is 4.74 Å². The predicted molar refractivity (Wildman–Crippen MR) is 71.5 cm³/mol. The van der Waals surface area contributed by atoms with Crippen LogP contribution in [0.1, 0.15) is 24.8 Å². The monoisotopic (exact) mass is 318 g/mol. The lowest BCUT2D eigenvalue weighted by atomic mass is 10.1. The molecule has 0 N–H and O–H groups in total. The maximum Gasteiger partial charge on any atom is 0.416 e. The van der Waals surface area contributed by atoms with Crippen molar-refractivity contribution in [2.24, 2.45) is 0 Å². The molecule has 4 nitrogen and oxygen atoms in total. The molecule has 22 heavy (non-hydrogen) atoms. The molecule has 1 unspecified atom stereocenters. The van der Waals surface area contributed by atoms with Gasteiger partial charge in [0.05, 0.1) is 11.7 Å². The van der Waals surface area contributed by atoms with Gasteiger partial charge in [-0.15, -0.1) is 0 Å². The van der Waals surface area contributed by atoms with E-state index in [9.17, 15) is 18.0 Å². The molecular weight excluding hydrogens is 301 g/mol. The first kappa shape index (κ1) is 16.6. The van der Waals surface area contributed by atoms with E-state index in [1.54, 1.807) is 0 Å². The van der Waals surface area contributed by atoms with Crippen LogP contribution in [-0.4, -0.2) is 31.9 Å². The van der Waals surface area contributed by atoms with Crippen molar-refractivity contribution in [2.45, 2.75) is 31.5 Å². The Kier molecular flexibility index (Phi) is 5.65. The quantitative estimate of drug-likeness (QED) is 0.782. The highest BCUT2D eigenvalue weighted by Gasteiger charge is 2.30. The number of esters is 1. The molecule has 0 amide bonds. The zero-order chi connectivity index (χ0) is 16.0. The van der Waals surface area contributed by atoms with Crippen molar-refractivity contribution >= 4 is 5.97 Å². The number of rotatable bonds is 5. The van der Waals surface area contributed by atoms with Gasteiger partial charge in [-0.25, -0.2) is 4.79 Å². The van der Waals surface area contributed by atoms with E-state index in [0.717, 1.165) is 31.4 Å². The fourth-order valence-electron chi connectivity index (χ4n) is 2.07. The van der Waals surface area contributed by atoms with E-state index in [1.807, 2.05) is 0 Å². The van der Waals surface area contributed by atoms with Crippen LogP contribution in [0.25, 0.3) is 0 Å². The molecule has 1 aromatic rings. The van der Waals surface area contributed by atoms with Gasteiger partial charge in [0.1, 0.15) is 12.4 Å². The van der Waals surface area contributed by atoms with Crippen molar-refractivity contribution < 1.29 is 32.2 Å². The summed E-state index contributed by atoms with van der Waals surface area (Å²) in [7, 11) is 0. The van der Waals surface area contributed by atoms with E-state index in [1.165, 1.54) is 12.1 Å². The number of alkyl halides is 3. The number of hydrogen-bond acceptors (Lipinski definition) is 4. The lowest BCUT2D eigenvalue weighted by Crippen LogP contribution is -2.27. The van der Waals surface area contributed by atoms with Gasteiger partial charge in [-0.1, -0.05) is 6.07 Å². The lowest BCUT2D eigenvalue weighted by Gasteiger charge is -2.22. The van der Waals surface area contributed by atoms with Crippen LogP contribution in [0.2, 0.25) is 0 Å². The Balaban J connectivity index is 1.76. The molecule has 1 aliphatic heterocycles. The Morgan fingerprint density at radius 2 is 2.14 bits per heavy atom. The molecule has 0 aliphatic carbocycles. The van der Waals surface area contributed by atoms with Crippen molar-refractivity contribution in [1.82, 2.24) is 0 Å². The van der Waals surface area contributed by atoms with Gasteiger partial charge in [-0.3, -0.25) is 0 Å². The highest BCUT2D eigenvalue weighted by molar-refractivity contribution is 5.71. The fraction of sp³-hybridized carbons (Fsp3) is 0.533. The summed E-state index contributed by atoms with van der Waals surface area (Å²) in [5, 5.41) is 0. The summed E-state index contributed by atoms with van der Waals surface area (Å²) < 4.78 is 53.0. The van der Waals surface area contributed by atoms with E-state index < -0.39 is 24.3 Å². The second kappa shape index (κ2) is 7.49. The summed E-state index contributed by atoms with van der Waals surface area (Å²) in [6, 6.07) is 4.36. The van der Waals surface area contributed by atoms with E-state index in [4.69, 9.17) is 14.2 Å². The molecule has 1 aromatic carbocycles. The Morgan fingerprint density at radius 3 is 2.82 bits per heavy atom. The summed E-state index contributed by atoms with van der Waals surface area (Å²) in [6.07, 6.45) is -1.68. The second-order valence-corrected chi connectivity index (χ2v) is 4.99. The van der Waals surface area contributed by atoms with Crippen LogP contribution in [-0.2, 0) is 20.4 Å². The number of ether oxygens (including phenoxy) is 3. The Hall–Kier alpha value is -1.76. The number of carbonyl (C=O) groups excluding carboxylic acids is 1. The van der Waals surface area contributed by atoms with Gasteiger partial charge in [-0.2, -0.15) is 13.2 Å². The molecule has 1 fully saturated rings. The van der Waals surface area contributed by atoms with Crippen LogP contribution in [0.4, 0.5) is 13.2 Å². The minimum atomic E-state index is -4.45. The van der Waals surface area contributed by atoms with Crippen LogP contribution in [0.5, 0.6) is 5.75 Å². The minimum absolute atomic E-state index is 0.0271. The molecule has 1 saturated heterocycles. The van der Waals surface area contributed by atoms with Crippen molar-refractivity contribution in [3.8, 4) is 5.75 Å². The van der Waals surface area contributed by atoms with Crippen LogP contribution >= 0.6 is 0 Å². The average Bonchev–Trinajstić information content (AvgIpc) is 2.51. The summed E-state index contributed by atoms with van der Waals surface area (Å²) in [5.41, 5.74) is -0.825. The van der Waals surface area contributed by atoms with Gasteiger partial charge in [-0.05, 0) is 37.5 Å². The van der Waals surface area contributed by atoms with Gasteiger partial charge in [0.25, 0.3) is 0 Å². The third kappa shape index (κ3) is 5.22. The highest BCUT2D eigenvalue weighted by Crippen LogP contribution is 2.31. The summed E-state index contributed by atoms with van der Waals surface area (Å²) in [5.74, 6) is -0.660. The molecular formula is C15H17F3O4. The zero-order valence-electron chi connectivity index (χ0n) is 11.9. The maximum absolute atomic E-state index is 12.5. The van der Waals surface area contributed by atoms with Gasteiger partial charge in [0.15, 0.2) is 6.61 Å². The molecule has 122 valence electrons. The topological polar surface area (TPSA) is 44.8 Å². The lowest BCUT2D eigenvalue weighted by molar-refractivity contribution is -0.151. The predicted octanol–water partition coefficient (Wildman–Crippen LogP) is 3.20. The van der Waals surface area contributed by atoms with Crippen LogP contribution in [0.15, 0.2) is 24.3 Å². The van der Waals surface area contributed by atoms with Gasteiger partial charge in [0.2, 0.25) is 0 Å². The fourth-order valence-corrected chi connectivity index (χ4v) is 2.07. The molecule has 1 atom stereocenters. The summed E-state index contributed by atoms with van der Waals surface area (Å²) >= 11 is 0. The standard InChI is InChI=1S/C15H17F3O4/c16-15(17,18)11-4-3-6-12(8-11)21-10-14(19)22-9-13-5-1-2-7-20-13/h3-4,6,8,13H,1-2,5,7,9-10H2. The van der Waals surface area contributed by atoms with Crippen LogP contribution in [0, 0.1) is 0 Å². The van der Waals surface area contributed by atoms with Crippen molar-refractivity contribution in [1.29, 1.82) is 0 Å². The minimum Gasteiger partial charge on any atom is -0.482 e. The number of halogens is 3. The number of carbonyl (C=O) groups is 1. The summed E-state index contributed by atoms with van der Waals surface area (Å²) in [6.45, 7) is 0.363. The van der Waals surface area contributed by atoms with Crippen molar-refractivity contribution in [3.05, 3.63) is 29.8 Å². The van der Waals surface area contributed by atoms with E-state index in [-0.39, 0.29) is 18.5 Å². The summed E-state index contributed by atoms with van der Waals surface area (Å²) in [4.78, 5) is 11.5.